The van der Waals surface area contributed by atoms with Crippen molar-refractivity contribution < 1.29 is 0 Å². The van der Waals surface area contributed by atoms with Crippen LogP contribution in [0.25, 0.3) is 10.9 Å². The Morgan fingerprint density at radius 2 is 1.95 bits per heavy atom. The highest BCUT2D eigenvalue weighted by atomic mass is 35.5. The molecule has 3 nitrogen and oxygen atoms in total. The lowest BCUT2D eigenvalue weighted by atomic mass is 10.1. The summed E-state index contributed by atoms with van der Waals surface area (Å²) in [5, 5.41) is 1.73. The number of aryl methyl sites for hydroxylation is 1. The molecule has 0 bridgehead atoms. The van der Waals surface area contributed by atoms with Crippen LogP contribution in [0.1, 0.15) is 18.4 Å². The van der Waals surface area contributed by atoms with Crippen LogP contribution in [-0.2, 0) is 13.6 Å². The molecule has 3 rings (SSSR count). The van der Waals surface area contributed by atoms with Crippen molar-refractivity contribution in [3.8, 4) is 0 Å². The molecule has 4 heteroatoms. The SMILES string of the molecule is Cn1c(=O)c(CN2CCCC2)cc2ccc(Cl)cc21. The van der Waals surface area contributed by atoms with Gasteiger partial charge in [-0.2, -0.15) is 0 Å². The molecule has 0 N–H and O–H groups in total. The monoisotopic (exact) mass is 276 g/mol. The van der Waals surface area contributed by atoms with Crippen LogP contribution in [0.2, 0.25) is 5.02 Å². The van der Waals surface area contributed by atoms with E-state index in [1.54, 1.807) is 4.57 Å². The summed E-state index contributed by atoms with van der Waals surface area (Å²) in [6.07, 6.45) is 2.48. The first kappa shape index (κ1) is 12.7. The second-order valence-corrected chi connectivity index (χ2v) is 5.66. The molecule has 1 aromatic heterocycles. The Balaban J connectivity index is 2.07. The third-order valence-corrected chi connectivity index (χ3v) is 4.09. The van der Waals surface area contributed by atoms with Crippen LogP contribution in [0.3, 0.4) is 0 Å². The Bertz CT molecular complexity index is 672. The van der Waals surface area contributed by atoms with Gasteiger partial charge in [-0.1, -0.05) is 17.7 Å². The topological polar surface area (TPSA) is 25.2 Å². The standard InChI is InChI=1S/C15H17ClN2O/c1-17-14-9-13(16)5-4-11(14)8-12(15(17)19)10-18-6-2-3-7-18/h4-5,8-9H,2-3,6-7,10H2,1H3. The largest absolute Gasteiger partial charge is 0.311 e. The number of hydrogen-bond acceptors (Lipinski definition) is 2. The minimum absolute atomic E-state index is 0.0849. The van der Waals surface area contributed by atoms with Crippen molar-refractivity contribution in [2.45, 2.75) is 19.4 Å². The van der Waals surface area contributed by atoms with Crippen molar-refractivity contribution in [3.63, 3.8) is 0 Å². The molecule has 1 aromatic carbocycles. The van der Waals surface area contributed by atoms with Crippen LogP contribution in [0.4, 0.5) is 0 Å². The van der Waals surface area contributed by atoms with E-state index < -0.39 is 0 Å². The molecule has 100 valence electrons. The van der Waals surface area contributed by atoms with E-state index in [1.807, 2.05) is 31.3 Å². The first-order chi connectivity index (χ1) is 9.15. The van der Waals surface area contributed by atoms with E-state index in [-0.39, 0.29) is 5.56 Å². The summed E-state index contributed by atoms with van der Waals surface area (Å²) in [6.45, 7) is 2.95. The van der Waals surface area contributed by atoms with Gasteiger partial charge in [-0.05, 0) is 49.5 Å². The van der Waals surface area contributed by atoms with Crippen molar-refractivity contribution >= 4 is 22.5 Å². The van der Waals surface area contributed by atoms with Crippen LogP contribution in [0, 0.1) is 0 Å². The normalized spacial score (nSPS) is 16.3. The fourth-order valence-corrected chi connectivity index (χ4v) is 2.96. The molecule has 0 radical (unpaired) electrons. The summed E-state index contributed by atoms with van der Waals surface area (Å²) >= 11 is 6.00. The van der Waals surface area contributed by atoms with Crippen LogP contribution >= 0.6 is 11.6 Å². The van der Waals surface area contributed by atoms with E-state index in [1.165, 1.54) is 12.8 Å². The van der Waals surface area contributed by atoms with Gasteiger partial charge in [-0.3, -0.25) is 9.69 Å². The predicted molar refractivity (Wildman–Crippen MR) is 78.7 cm³/mol. The molecule has 1 aliphatic rings. The first-order valence-electron chi connectivity index (χ1n) is 6.66. The van der Waals surface area contributed by atoms with E-state index in [0.29, 0.717) is 5.02 Å². The van der Waals surface area contributed by atoms with Crippen molar-refractivity contribution in [3.05, 3.63) is 45.2 Å². The second kappa shape index (κ2) is 4.99. The number of benzene rings is 1. The number of aromatic nitrogens is 1. The maximum absolute atomic E-state index is 12.4. The van der Waals surface area contributed by atoms with Crippen molar-refractivity contribution in [2.75, 3.05) is 13.1 Å². The number of halogens is 1. The maximum atomic E-state index is 12.4. The van der Waals surface area contributed by atoms with Gasteiger partial charge in [0.2, 0.25) is 0 Å². The van der Waals surface area contributed by atoms with Gasteiger partial charge in [0.1, 0.15) is 0 Å². The summed E-state index contributed by atoms with van der Waals surface area (Å²) in [5.41, 5.74) is 1.85. The van der Waals surface area contributed by atoms with Gasteiger partial charge in [0, 0.05) is 24.2 Å². The molecule has 1 saturated heterocycles. The molecule has 19 heavy (non-hydrogen) atoms. The zero-order valence-corrected chi connectivity index (χ0v) is 11.8. The third-order valence-electron chi connectivity index (χ3n) is 3.86. The lowest BCUT2D eigenvalue weighted by molar-refractivity contribution is 0.329. The minimum Gasteiger partial charge on any atom is -0.311 e. The Morgan fingerprint density at radius 3 is 2.68 bits per heavy atom. The van der Waals surface area contributed by atoms with Crippen molar-refractivity contribution in [1.82, 2.24) is 9.47 Å². The quantitative estimate of drug-likeness (QED) is 0.843. The molecular formula is C15H17ClN2O. The fourth-order valence-electron chi connectivity index (χ4n) is 2.80. The number of hydrogen-bond donors (Lipinski definition) is 0. The van der Waals surface area contributed by atoms with Gasteiger partial charge >= 0.3 is 0 Å². The van der Waals surface area contributed by atoms with Crippen LogP contribution in [0.15, 0.2) is 29.1 Å². The molecular weight excluding hydrogens is 260 g/mol. The number of pyridine rings is 1. The number of rotatable bonds is 2. The molecule has 0 spiro atoms. The van der Waals surface area contributed by atoms with Crippen LogP contribution in [0.5, 0.6) is 0 Å². The molecule has 2 aromatic rings. The lowest BCUT2D eigenvalue weighted by Crippen LogP contribution is -2.27. The molecule has 1 aliphatic heterocycles. The van der Waals surface area contributed by atoms with Gasteiger partial charge in [-0.15, -0.1) is 0 Å². The highest BCUT2D eigenvalue weighted by molar-refractivity contribution is 6.31. The van der Waals surface area contributed by atoms with Gasteiger partial charge < -0.3 is 4.57 Å². The summed E-state index contributed by atoms with van der Waals surface area (Å²) in [7, 11) is 1.81. The van der Waals surface area contributed by atoms with E-state index in [9.17, 15) is 4.79 Å². The second-order valence-electron chi connectivity index (χ2n) is 5.22. The first-order valence-corrected chi connectivity index (χ1v) is 7.03. The average Bonchev–Trinajstić information content (AvgIpc) is 2.89. The van der Waals surface area contributed by atoms with Crippen LogP contribution < -0.4 is 5.56 Å². The summed E-state index contributed by atoms with van der Waals surface area (Å²) in [5.74, 6) is 0. The molecule has 2 heterocycles. The van der Waals surface area contributed by atoms with Gasteiger partial charge in [0.15, 0.2) is 0 Å². The van der Waals surface area contributed by atoms with Crippen molar-refractivity contribution in [1.29, 1.82) is 0 Å². The van der Waals surface area contributed by atoms with E-state index in [4.69, 9.17) is 11.6 Å². The molecule has 1 fully saturated rings. The Hall–Kier alpha value is -1.32. The minimum atomic E-state index is 0.0849. The highest BCUT2D eigenvalue weighted by Gasteiger charge is 2.15. The zero-order valence-electron chi connectivity index (χ0n) is 11.0. The highest BCUT2D eigenvalue weighted by Crippen LogP contribution is 2.19. The van der Waals surface area contributed by atoms with E-state index in [2.05, 4.69) is 4.90 Å². The molecule has 0 saturated carbocycles. The Labute approximate surface area is 117 Å². The third kappa shape index (κ3) is 2.40. The van der Waals surface area contributed by atoms with E-state index >= 15 is 0 Å². The summed E-state index contributed by atoms with van der Waals surface area (Å²) < 4.78 is 1.70. The van der Waals surface area contributed by atoms with Crippen LogP contribution in [-0.4, -0.2) is 22.6 Å². The number of likely N-dealkylation sites (tertiary alicyclic amines) is 1. The lowest BCUT2D eigenvalue weighted by Gasteiger charge is -2.15. The summed E-state index contributed by atoms with van der Waals surface area (Å²) in [4.78, 5) is 14.7. The maximum Gasteiger partial charge on any atom is 0.255 e. The molecule has 0 unspecified atom stereocenters. The Kier molecular flexibility index (Phi) is 3.33. The molecule has 0 aliphatic carbocycles. The van der Waals surface area contributed by atoms with Crippen molar-refractivity contribution in [2.24, 2.45) is 7.05 Å². The number of fused-ring (bicyclic) bond motifs is 1. The predicted octanol–water partition coefficient (Wildman–Crippen LogP) is 2.79. The summed E-state index contributed by atoms with van der Waals surface area (Å²) in [6, 6.07) is 7.70. The fraction of sp³-hybridized carbons (Fsp3) is 0.400. The molecule has 0 atom stereocenters. The molecule has 0 amide bonds. The number of nitrogens with zero attached hydrogens (tertiary/aromatic N) is 2. The smallest absolute Gasteiger partial charge is 0.255 e. The van der Waals surface area contributed by atoms with E-state index in [0.717, 1.165) is 36.1 Å². The average molecular weight is 277 g/mol. The van der Waals surface area contributed by atoms with Gasteiger partial charge in [0.05, 0.1) is 5.52 Å². The zero-order chi connectivity index (χ0) is 13.4. The van der Waals surface area contributed by atoms with Gasteiger partial charge in [-0.25, -0.2) is 0 Å². The Morgan fingerprint density at radius 1 is 1.21 bits per heavy atom. The van der Waals surface area contributed by atoms with Gasteiger partial charge in [0.25, 0.3) is 5.56 Å².